The van der Waals surface area contributed by atoms with E-state index in [1.165, 1.54) is 12.8 Å². The van der Waals surface area contributed by atoms with Gasteiger partial charge in [0.2, 0.25) is 0 Å². The van der Waals surface area contributed by atoms with Crippen LogP contribution in [0, 0.1) is 29.6 Å². The zero-order chi connectivity index (χ0) is 11.9. The molecule has 0 radical (unpaired) electrons. The zero-order valence-electron chi connectivity index (χ0n) is 11.5. The number of hydrogen-bond donors (Lipinski definition) is 0. The highest BCUT2D eigenvalue weighted by Gasteiger charge is 2.35. The maximum absolute atomic E-state index is 2.63. The van der Waals surface area contributed by atoms with Crippen molar-refractivity contribution in [2.75, 3.05) is 0 Å². The fourth-order valence-electron chi connectivity index (χ4n) is 3.74. The molecule has 4 unspecified atom stereocenters. The van der Waals surface area contributed by atoms with Crippen LogP contribution in [0.3, 0.4) is 0 Å². The minimum atomic E-state index is 0.651. The molecule has 0 nitrogen and oxygen atoms in total. The lowest BCUT2D eigenvalue weighted by atomic mass is 9.84. The maximum Gasteiger partial charge on any atom is -0.00463 e. The SMILES string of the molecule is CC1=CC(C)C(C(C)C)=CC2C(C)CCC12. The molecule has 2 rings (SSSR count). The van der Waals surface area contributed by atoms with Crippen LogP contribution in [0.4, 0.5) is 0 Å². The predicted octanol–water partition coefficient (Wildman–Crippen LogP) is 4.83. The van der Waals surface area contributed by atoms with E-state index in [0.717, 1.165) is 17.8 Å². The van der Waals surface area contributed by atoms with Crippen molar-refractivity contribution in [1.29, 1.82) is 0 Å². The lowest BCUT2D eigenvalue weighted by molar-refractivity contribution is 0.438. The molecule has 0 bridgehead atoms. The van der Waals surface area contributed by atoms with Crippen LogP contribution in [0.2, 0.25) is 0 Å². The van der Waals surface area contributed by atoms with Crippen LogP contribution in [0.5, 0.6) is 0 Å². The fourth-order valence-corrected chi connectivity index (χ4v) is 3.74. The molecule has 16 heavy (non-hydrogen) atoms. The highest BCUT2D eigenvalue weighted by atomic mass is 14.4. The number of rotatable bonds is 1. The summed E-state index contributed by atoms with van der Waals surface area (Å²) in [7, 11) is 0. The molecule has 0 amide bonds. The molecule has 0 aromatic carbocycles. The Morgan fingerprint density at radius 3 is 2.44 bits per heavy atom. The van der Waals surface area contributed by atoms with Crippen molar-refractivity contribution in [3.63, 3.8) is 0 Å². The van der Waals surface area contributed by atoms with Gasteiger partial charge in [0.25, 0.3) is 0 Å². The molecular weight excluding hydrogens is 192 g/mol. The van der Waals surface area contributed by atoms with E-state index in [2.05, 4.69) is 46.8 Å². The van der Waals surface area contributed by atoms with Crippen molar-refractivity contribution < 1.29 is 0 Å². The van der Waals surface area contributed by atoms with Gasteiger partial charge in [0.1, 0.15) is 0 Å². The van der Waals surface area contributed by atoms with Gasteiger partial charge in [-0.2, -0.15) is 0 Å². The van der Waals surface area contributed by atoms with Gasteiger partial charge in [-0.05, 0) is 49.4 Å². The van der Waals surface area contributed by atoms with Crippen molar-refractivity contribution in [2.24, 2.45) is 29.6 Å². The van der Waals surface area contributed by atoms with Gasteiger partial charge in [-0.25, -0.2) is 0 Å². The average Bonchev–Trinajstić information content (AvgIpc) is 2.49. The van der Waals surface area contributed by atoms with Gasteiger partial charge >= 0.3 is 0 Å². The second kappa shape index (κ2) is 4.39. The Bertz CT molecular complexity index is 319. The minimum absolute atomic E-state index is 0.651. The summed E-state index contributed by atoms with van der Waals surface area (Å²) in [5.74, 6) is 3.89. The largest absolute Gasteiger partial charge is 0.0805 e. The van der Waals surface area contributed by atoms with E-state index in [1.54, 1.807) is 11.1 Å². The molecule has 1 fully saturated rings. The third kappa shape index (κ3) is 1.99. The third-order valence-corrected chi connectivity index (χ3v) is 4.73. The van der Waals surface area contributed by atoms with E-state index in [9.17, 15) is 0 Å². The Morgan fingerprint density at radius 2 is 1.81 bits per heavy atom. The quantitative estimate of drug-likeness (QED) is 0.553. The van der Waals surface area contributed by atoms with Crippen LogP contribution < -0.4 is 0 Å². The summed E-state index contributed by atoms with van der Waals surface area (Å²) in [5.41, 5.74) is 3.31. The van der Waals surface area contributed by atoms with Gasteiger partial charge in [-0.1, -0.05) is 51.0 Å². The van der Waals surface area contributed by atoms with Crippen LogP contribution in [0.15, 0.2) is 23.3 Å². The summed E-state index contributed by atoms with van der Waals surface area (Å²) >= 11 is 0. The van der Waals surface area contributed by atoms with Crippen molar-refractivity contribution in [3.8, 4) is 0 Å². The van der Waals surface area contributed by atoms with Crippen LogP contribution in [-0.2, 0) is 0 Å². The third-order valence-electron chi connectivity index (χ3n) is 4.73. The molecule has 0 heterocycles. The lowest BCUT2D eigenvalue weighted by Crippen LogP contribution is -2.12. The van der Waals surface area contributed by atoms with E-state index in [1.807, 2.05) is 0 Å². The molecule has 4 atom stereocenters. The Kier molecular flexibility index (Phi) is 3.28. The Hall–Kier alpha value is -0.520. The van der Waals surface area contributed by atoms with Crippen molar-refractivity contribution >= 4 is 0 Å². The molecule has 0 heteroatoms. The van der Waals surface area contributed by atoms with E-state index in [-0.39, 0.29) is 0 Å². The van der Waals surface area contributed by atoms with E-state index >= 15 is 0 Å². The summed E-state index contributed by atoms with van der Waals surface area (Å²) in [6.07, 6.45) is 7.97. The second-order valence-corrected chi connectivity index (χ2v) is 6.26. The maximum atomic E-state index is 2.63. The molecule has 90 valence electrons. The Balaban J connectivity index is 2.38. The highest BCUT2D eigenvalue weighted by Crippen LogP contribution is 2.45. The first kappa shape index (κ1) is 12.0. The smallest absolute Gasteiger partial charge is 0.00463 e. The molecule has 0 spiro atoms. The fraction of sp³-hybridized carbons (Fsp3) is 0.750. The monoisotopic (exact) mass is 218 g/mol. The molecule has 0 aromatic heterocycles. The summed E-state index contributed by atoms with van der Waals surface area (Å²) < 4.78 is 0. The van der Waals surface area contributed by atoms with Gasteiger partial charge in [0.15, 0.2) is 0 Å². The van der Waals surface area contributed by atoms with Crippen molar-refractivity contribution in [1.82, 2.24) is 0 Å². The highest BCUT2D eigenvalue weighted by molar-refractivity contribution is 5.26. The van der Waals surface area contributed by atoms with E-state index < -0.39 is 0 Å². The molecule has 1 saturated carbocycles. The van der Waals surface area contributed by atoms with E-state index in [4.69, 9.17) is 0 Å². The average molecular weight is 218 g/mol. The topological polar surface area (TPSA) is 0 Å². The molecule has 0 aliphatic heterocycles. The molecule has 0 aromatic rings. The number of hydrogen-bond acceptors (Lipinski definition) is 0. The first-order valence-electron chi connectivity index (χ1n) is 6.90. The first-order chi connectivity index (χ1) is 7.50. The minimum Gasteiger partial charge on any atom is -0.0805 e. The van der Waals surface area contributed by atoms with Crippen LogP contribution in [0.25, 0.3) is 0 Å². The predicted molar refractivity (Wildman–Crippen MR) is 71.2 cm³/mol. The summed E-state index contributed by atoms with van der Waals surface area (Å²) in [6.45, 7) is 11.8. The Labute approximate surface area is 101 Å². The molecule has 2 aliphatic carbocycles. The molecule has 0 saturated heterocycles. The van der Waals surface area contributed by atoms with Gasteiger partial charge in [-0.15, -0.1) is 0 Å². The second-order valence-electron chi connectivity index (χ2n) is 6.26. The van der Waals surface area contributed by atoms with Gasteiger partial charge in [0.05, 0.1) is 0 Å². The summed E-state index contributed by atoms with van der Waals surface area (Å²) in [6, 6.07) is 0. The zero-order valence-corrected chi connectivity index (χ0v) is 11.5. The summed E-state index contributed by atoms with van der Waals surface area (Å²) in [5, 5.41) is 0. The molecule has 0 N–H and O–H groups in total. The number of fused-ring (bicyclic) bond motifs is 1. The first-order valence-corrected chi connectivity index (χ1v) is 6.90. The lowest BCUT2D eigenvalue weighted by Gasteiger charge is -2.20. The standard InChI is InChI=1S/C16H26/c1-10(2)15-9-16-11(3)6-7-14(16)12(4)8-13(15)5/h8-11,13-14,16H,6-7H2,1-5H3. The van der Waals surface area contributed by atoms with Crippen LogP contribution in [-0.4, -0.2) is 0 Å². The van der Waals surface area contributed by atoms with Crippen LogP contribution >= 0.6 is 0 Å². The Morgan fingerprint density at radius 1 is 1.12 bits per heavy atom. The van der Waals surface area contributed by atoms with Crippen LogP contribution in [0.1, 0.15) is 47.5 Å². The van der Waals surface area contributed by atoms with Crippen molar-refractivity contribution in [3.05, 3.63) is 23.3 Å². The number of allylic oxidation sites excluding steroid dienone is 4. The molecular formula is C16H26. The van der Waals surface area contributed by atoms with Crippen molar-refractivity contribution in [2.45, 2.75) is 47.5 Å². The van der Waals surface area contributed by atoms with Gasteiger partial charge in [-0.3, -0.25) is 0 Å². The van der Waals surface area contributed by atoms with Gasteiger partial charge < -0.3 is 0 Å². The molecule has 2 aliphatic rings. The normalized spacial score (nSPS) is 39.1. The van der Waals surface area contributed by atoms with E-state index in [0.29, 0.717) is 11.8 Å². The summed E-state index contributed by atoms with van der Waals surface area (Å²) in [4.78, 5) is 0. The van der Waals surface area contributed by atoms with Gasteiger partial charge in [0, 0.05) is 0 Å².